The number of nitrogens with two attached hydrogens (primary N) is 2. The molecule has 2 heteroatoms. The molecule has 0 heterocycles. The first-order chi connectivity index (χ1) is 6.77. The van der Waals surface area contributed by atoms with Crippen molar-refractivity contribution >= 4 is 0 Å². The lowest BCUT2D eigenvalue weighted by Gasteiger charge is -2.15. The van der Waals surface area contributed by atoms with Gasteiger partial charge in [-0.2, -0.15) is 0 Å². The van der Waals surface area contributed by atoms with Crippen LogP contribution < -0.4 is 11.5 Å². The zero-order valence-corrected chi connectivity index (χ0v) is 8.87. The molecule has 0 saturated carbocycles. The van der Waals surface area contributed by atoms with E-state index in [0.717, 1.165) is 25.9 Å². The summed E-state index contributed by atoms with van der Waals surface area (Å²) in [6, 6.07) is 8.67. The van der Waals surface area contributed by atoms with Gasteiger partial charge < -0.3 is 11.5 Å². The van der Waals surface area contributed by atoms with E-state index in [1.54, 1.807) is 0 Å². The largest absolute Gasteiger partial charge is 0.330 e. The Balaban J connectivity index is 2.71. The van der Waals surface area contributed by atoms with Crippen LogP contribution in [0.2, 0.25) is 0 Å². The summed E-state index contributed by atoms with van der Waals surface area (Å²) in [7, 11) is 0. The molecule has 0 aliphatic heterocycles. The second kappa shape index (κ2) is 5.78. The molecule has 1 aromatic carbocycles. The topological polar surface area (TPSA) is 52.0 Å². The van der Waals surface area contributed by atoms with Crippen molar-refractivity contribution in [2.24, 2.45) is 11.5 Å². The molecule has 0 amide bonds. The van der Waals surface area contributed by atoms with Gasteiger partial charge in [0.05, 0.1) is 0 Å². The van der Waals surface area contributed by atoms with E-state index in [-0.39, 0.29) is 0 Å². The molecule has 0 atom stereocenters. The molecule has 0 aliphatic rings. The van der Waals surface area contributed by atoms with Gasteiger partial charge in [0, 0.05) is 0 Å². The van der Waals surface area contributed by atoms with Gasteiger partial charge >= 0.3 is 0 Å². The van der Waals surface area contributed by atoms with E-state index in [9.17, 15) is 0 Å². The van der Waals surface area contributed by atoms with E-state index in [1.165, 1.54) is 11.1 Å². The van der Waals surface area contributed by atoms with E-state index in [2.05, 4.69) is 31.2 Å². The predicted molar refractivity (Wildman–Crippen MR) is 61.3 cm³/mol. The molecule has 4 N–H and O–H groups in total. The first-order valence-corrected chi connectivity index (χ1v) is 5.24. The van der Waals surface area contributed by atoms with Gasteiger partial charge in [0.2, 0.25) is 0 Å². The minimum atomic E-state index is 0.533. The third-order valence-electron chi connectivity index (χ3n) is 2.58. The molecule has 0 bridgehead atoms. The van der Waals surface area contributed by atoms with E-state index < -0.39 is 0 Å². The normalized spacial score (nSPS) is 10.9. The van der Waals surface area contributed by atoms with Crippen LogP contribution in [0.15, 0.2) is 24.3 Å². The average molecular weight is 192 g/mol. The zero-order valence-electron chi connectivity index (χ0n) is 8.87. The number of benzene rings is 1. The quantitative estimate of drug-likeness (QED) is 0.747. The molecule has 2 nitrogen and oxygen atoms in total. The molecule has 14 heavy (non-hydrogen) atoms. The van der Waals surface area contributed by atoms with Crippen LogP contribution in [0.1, 0.15) is 29.9 Å². The Morgan fingerprint density at radius 2 is 1.50 bits per heavy atom. The maximum absolute atomic E-state index is 5.59. The number of rotatable bonds is 5. The van der Waals surface area contributed by atoms with Crippen LogP contribution in [0.25, 0.3) is 0 Å². The van der Waals surface area contributed by atoms with Gasteiger partial charge in [0.25, 0.3) is 0 Å². The molecule has 0 spiro atoms. The summed E-state index contributed by atoms with van der Waals surface area (Å²) in [5.41, 5.74) is 13.8. The van der Waals surface area contributed by atoms with Crippen LogP contribution in [0.4, 0.5) is 0 Å². The smallest absolute Gasteiger partial charge is 0.00714 e. The Morgan fingerprint density at radius 3 is 1.93 bits per heavy atom. The monoisotopic (exact) mass is 192 g/mol. The standard InChI is InChI=1S/C12H20N2/c1-10-2-4-11(5-3-10)12(6-8-13)7-9-14/h2-5,12H,6-9,13-14H2,1H3. The molecule has 0 aromatic heterocycles. The van der Waals surface area contributed by atoms with Gasteiger partial charge in [-0.25, -0.2) is 0 Å². The van der Waals surface area contributed by atoms with Crippen molar-refractivity contribution in [3.8, 4) is 0 Å². The van der Waals surface area contributed by atoms with Crippen molar-refractivity contribution in [3.63, 3.8) is 0 Å². The number of aryl methyl sites for hydroxylation is 1. The lowest BCUT2D eigenvalue weighted by atomic mass is 9.92. The third kappa shape index (κ3) is 3.13. The summed E-state index contributed by atoms with van der Waals surface area (Å²) in [5.74, 6) is 0.533. The molecule has 0 fully saturated rings. The van der Waals surface area contributed by atoms with Crippen molar-refractivity contribution < 1.29 is 0 Å². The van der Waals surface area contributed by atoms with E-state index in [1.807, 2.05) is 0 Å². The van der Waals surface area contributed by atoms with Crippen molar-refractivity contribution in [2.75, 3.05) is 13.1 Å². The maximum Gasteiger partial charge on any atom is -0.00714 e. The Bertz CT molecular complexity index is 248. The SMILES string of the molecule is Cc1ccc(C(CCN)CCN)cc1. The van der Waals surface area contributed by atoms with Crippen LogP contribution in [-0.4, -0.2) is 13.1 Å². The van der Waals surface area contributed by atoms with Crippen LogP contribution in [-0.2, 0) is 0 Å². The number of hydrogen-bond acceptors (Lipinski definition) is 2. The summed E-state index contributed by atoms with van der Waals surface area (Å²) in [5, 5.41) is 0. The van der Waals surface area contributed by atoms with Crippen LogP contribution >= 0.6 is 0 Å². The molecule has 0 aliphatic carbocycles. The van der Waals surface area contributed by atoms with E-state index >= 15 is 0 Å². The van der Waals surface area contributed by atoms with Crippen molar-refractivity contribution in [1.29, 1.82) is 0 Å². The molecule has 0 radical (unpaired) electrons. The van der Waals surface area contributed by atoms with Gasteiger partial charge in [0.1, 0.15) is 0 Å². The fourth-order valence-corrected chi connectivity index (χ4v) is 1.72. The second-order valence-electron chi connectivity index (χ2n) is 3.76. The average Bonchev–Trinajstić information content (AvgIpc) is 2.19. The summed E-state index contributed by atoms with van der Waals surface area (Å²) in [6.07, 6.45) is 2.06. The Morgan fingerprint density at radius 1 is 1.00 bits per heavy atom. The fourth-order valence-electron chi connectivity index (χ4n) is 1.72. The fraction of sp³-hybridized carbons (Fsp3) is 0.500. The van der Waals surface area contributed by atoms with Gasteiger partial charge in [0.15, 0.2) is 0 Å². The Labute approximate surface area is 86.3 Å². The Hall–Kier alpha value is -0.860. The summed E-state index contributed by atoms with van der Waals surface area (Å²) >= 11 is 0. The highest BCUT2D eigenvalue weighted by Crippen LogP contribution is 2.22. The Kier molecular flexibility index (Phi) is 4.63. The lowest BCUT2D eigenvalue weighted by molar-refractivity contribution is 0.592. The molecule has 1 rings (SSSR count). The van der Waals surface area contributed by atoms with Crippen molar-refractivity contribution in [2.45, 2.75) is 25.7 Å². The van der Waals surface area contributed by atoms with Crippen LogP contribution in [0.5, 0.6) is 0 Å². The van der Waals surface area contributed by atoms with Crippen LogP contribution in [0.3, 0.4) is 0 Å². The van der Waals surface area contributed by atoms with Gasteiger partial charge in [-0.15, -0.1) is 0 Å². The summed E-state index contributed by atoms with van der Waals surface area (Å²) in [6.45, 7) is 3.57. The molecular weight excluding hydrogens is 172 g/mol. The van der Waals surface area contributed by atoms with Gasteiger partial charge in [-0.05, 0) is 44.3 Å². The maximum atomic E-state index is 5.59. The first-order valence-electron chi connectivity index (χ1n) is 5.24. The highest BCUT2D eigenvalue weighted by atomic mass is 14.5. The molecule has 78 valence electrons. The van der Waals surface area contributed by atoms with Crippen molar-refractivity contribution in [1.82, 2.24) is 0 Å². The van der Waals surface area contributed by atoms with E-state index in [4.69, 9.17) is 11.5 Å². The summed E-state index contributed by atoms with van der Waals surface area (Å²) in [4.78, 5) is 0. The summed E-state index contributed by atoms with van der Waals surface area (Å²) < 4.78 is 0. The molecule has 0 unspecified atom stereocenters. The predicted octanol–water partition coefficient (Wildman–Crippen LogP) is 1.78. The number of hydrogen-bond donors (Lipinski definition) is 2. The molecule has 1 aromatic rings. The third-order valence-corrected chi connectivity index (χ3v) is 2.58. The minimum absolute atomic E-state index is 0.533. The highest BCUT2D eigenvalue weighted by Gasteiger charge is 2.08. The highest BCUT2D eigenvalue weighted by molar-refractivity contribution is 5.24. The zero-order chi connectivity index (χ0) is 10.4. The van der Waals surface area contributed by atoms with E-state index in [0.29, 0.717) is 5.92 Å². The second-order valence-corrected chi connectivity index (χ2v) is 3.76. The first kappa shape index (κ1) is 11.2. The minimum Gasteiger partial charge on any atom is -0.330 e. The molecule has 0 saturated heterocycles. The van der Waals surface area contributed by atoms with Crippen molar-refractivity contribution in [3.05, 3.63) is 35.4 Å². The van der Waals surface area contributed by atoms with Gasteiger partial charge in [-0.3, -0.25) is 0 Å². The van der Waals surface area contributed by atoms with Crippen LogP contribution in [0, 0.1) is 6.92 Å². The lowest BCUT2D eigenvalue weighted by Crippen LogP contribution is -2.12. The molecular formula is C12H20N2. The van der Waals surface area contributed by atoms with Gasteiger partial charge in [-0.1, -0.05) is 29.8 Å².